The third-order valence-electron chi connectivity index (χ3n) is 1.92. The number of carbonyl (C=O) groups excluding carboxylic acids is 2. The number of aromatic nitrogens is 1. The molecule has 0 radical (unpaired) electrons. The SMILES string of the molecule is CN(C(=O)C(=O)NCCN)c1ccccn1. The highest BCUT2D eigenvalue weighted by Crippen LogP contribution is 2.06. The maximum Gasteiger partial charge on any atom is 0.317 e. The Morgan fingerprint density at radius 1 is 1.50 bits per heavy atom. The van der Waals surface area contributed by atoms with Crippen LogP contribution in [0, 0.1) is 0 Å². The number of rotatable bonds is 3. The number of anilines is 1. The molecule has 0 saturated carbocycles. The van der Waals surface area contributed by atoms with Gasteiger partial charge in [-0.1, -0.05) is 6.07 Å². The van der Waals surface area contributed by atoms with E-state index in [9.17, 15) is 9.59 Å². The van der Waals surface area contributed by atoms with Crippen LogP contribution in [-0.2, 0) is 9.59 Å². The second-order valence-electron chi connectivity index (χ2n) is 3.10. The number of nitrogens with zero attached hydrogens (tertiary/aromatic N) is 2. The summed E-state index contributed by atoms with van der Waals surface area (Å²) in [4.78, 5) is 28.1. The summed E-state index contributed by atoms with van der Waals surface area (Å²) < 4.78 is 0. The highest BCUT2D eigenvalue weighted by molar-refractivity contribution is 6.40. The molecular weight excluding hydrogens is 208 g/mol. The van der Waals surface area contributed by atoms with E-state index < -0.39 is 11.8 Å². The molecule has 2 amide bonds. The molecule has 86 valence electrons. The zero-order chi connectivity index (χ0) is 12.0. The summed E-state index contributed by atoms with van der Waals surface area (Å²) in [5, 5.41) is 2.40. The minimum absolute atomic E-state index is 0.278. The first-order valence-electron chi connectivity index (χ1n) is 4.83. The summed E-state index contributed by atoms with van der Waals surface area (Å²) in [5.74, 6) is -0.916. The molecule has 0 aliphatic carbocycles. The van der Waals surface area contributed by atoms with Gasteiger partial charge in [0.1, 0.15) is 5.82 Å². The fourth-order valence-electron chi connectivity index (χ4n) is 1.07. The number of pyridine rings is 1. The first-order chi connectivity index (χ1) is 7.66. The molecule has 0 aliphatic rings. The summed E-state index contributed by atoms with van der Waals surface area (Å²) in [6.07, 6.45) is 1.55. The molecule has 6 nitrogen and oxygen atoms in total. The van der Waals surface area contributed by atoms with Crippen molar-refractivity contribution < 1.29 is 9.59 Å². The van der Waals surface area contributed by atoms with Gasteiger partial charge in [-0.2, -0.15) is 0 Å². The number of hydrogen-bond donors (Lipinski definition) is 2. The van der Waals surface area contributed by atoms with E-state index in [0.717, 1.165) is 0 Å². The van der Waals surface area contributed by atoms with Crippen LogP contribution in [0.5, 0.6) is 0 Å². The fourth-order valence-corrected chi connectivity index (χ4v) is 1.07. The first kappa shape index (κ1) is 12.1. The van der Waals surface area contributed by atoms with E-state index in [1.54, 1.807) is 24.4 Å². The lowest BCUT2D eigenvalue weighted by atomic mass is 10.4. The third kappa shape index (κ3) is 3.03. The van der Waals surface area contributed by atoms with Gasteiger partial charge in [0, 0.05) is 26.3 Å². The van der Waals surface area contributed by atoms with E-state index in [4.69, 9.17) is 5.73 Å². The van der Waals surface area contributed by atoms with Gasteiger partial charge in [-0.15, -0.1) is 0 Å². The molecule has 0 aliphatic heterocycles. The van der Waals surface area contributed by atoms with E-state index in [1.807, 2.05) is 0 Å². The molecule has 6 heteroatoms. The maximum absolute atomic E-state index is 11.6. The van der Waals surface area contributed by atoms with E-state index in [2.05, 4.69) is 10.3 Å². The molecule has 0 fully saturated rings. The second-order valence-corrected chi connectivity index (χ2v) is 3.10. The Hall–Kier alpha value is -1.95. The second kappa shape index (κ2) is 5.82. The average Bonchev–Trinajstić information content (AvgIpc) is 2.35. The van der Waals surface area contributed by atoms with Crippen molar-refractivity contribution in [1.29, 1.82) is 0 Å². The summed E-state index contributed by atoms with van der Waals surface area (Å²) in [6, 6.07) is 5.12. The molecule has 1 heterocycles. The first-order valence-corrected chi connectivity index (χ1v) is 4.83. The summed E-state index contributed by atoms with van der Waals surface area (Å²) in [7, 11) is 1.49. The maximum atomic E-state index is 11.6. The van der Waals surface area contributed by atoms with Crippen LogP contribution in [-0.4, -0.2) is 36.9 Å². The minimum atomic E-state index is -0.682. The van der Waals surface area contributed by atoms with Crippen molar-refractivity contribution in [3.05, 3.63) is 24.4 Å². The summed E-state index contributed by atoms with van der Waals surface area (Å²) in [5.41, 5.74) is 5.21. The van der Waals surface area contributed by atoms with Crippen LogP contribution in [0.3, 0.4) is 0 Å². The highest BCUT2D eigenvalue weighted by Gasteiger charge is 2.19. The Balaban J connectivity index is 2.64. The standard InChI is InChI=1S/C10H14N4O2/c1-14(8-4-2-3-6-12-8)10(16)9(15)13-7-5-11/h2-4,6H,5,7,11H2,1H3,(H,13,15). The Kier molecular flexibility index (Phi) is 4.41. The molecule has 1 aromatic heterocycles. The number of hydrogen-bond acceptors (Lipinski definition) is 4. The molecule has 1 aromatic rings. The van der Waals surface area contributed by atoms with Gasteiger partial charge in [0.25, 0.3) is 0 Å². The quantitative estimate of drug-likeness (QED) is 0.650. The van der Waals surface area contributed by atoms with Gasteiger partial charge >= 0.3 is 11.8 Å². The Labute approximate surface area is 93.4 Å². The van der Waals surface area contributed by atoms with Gasteiger partial charge in [-0.3, -0.25) is 14.5 Å². The van der Waals surface area contributed by atoms with Gasteiger partial charge in [-0.25, -0.2) is 4.98 Å². The molecule has 16 heavy (non-hydrogen) atoms. The third-order valence-corrected chi connectivity index (χ3v) is 1.92. The molecule has 0 bridgehead atoms. The zero-order valence-electron chi connectivity index (χ0n) is 9.01. The monoisotopic (exact) mass is 222 g/mol. The number of amides is 2. The predicted octanol–water partition coefficient (Wildman–Crippen LogP) is -0.881. The predicted molar refractivity (Wildman–Crippen MR) is 59.7 cm³/mol. The highest BCUT2D eigenvalue weighted by atomic mass is 16.2. The Morgan fingerprint density at radius 2 is 2.25 bits per heavy atom. The van der Waals surface area contributed by atoms with Gasteiger partial charge in [0.05, 0.1) is 0 Å². The number of nitrogens with two attached hydrogens (primary N) is 1. The van der Waals surface area contributed by atoms with E-state index >= 15 is 0 Å². The topological polar surface area (TPSA) is 88.3 Å². The van der Waals surface area contributed by atoms with Crippen molar-refractivity contribution >= 4 is 17.6 Å². The van der Waals surface area contributed by atoms with E-state index in [-0.39, 0.29) is 6.54 Å². The van der Waals surface area contributed by atoms with Crippen molar-refractivity contribution in [3.63, 3.8) is 0 Å². The molecule has 0 saturated heterocycles. The van der Waals surface area contributed by atoms with Crippen LogP contribution < -0.4 is 16.0 Å². The van der Waals surface area contributed by atoms with Crippen molar-refractivity contribution in [1.82, 2.24) is 10.3 Å². The smallest absolute Gasteiger partial charge is 0.317 e. The van der Waals surface area contributed by atoms with Crippen molar-refractivity contribution in [2.24, 2.45) is 5.73 Å². The van der Waals surface area contributed by atoms with Crippen LogP contribution in [0.25, 0.3) is 0 Å². The molecule has 3 N–H and O–H groups in total. The van der Waals surface area contributed by atoms with Crippen LogP contribution >= 0.6 is 0 Å². The molecule has 0 unspecified atom stereocenters. The molecule has 0 spiro atoms. The van der Waals surface area contributed by atoms with E-state index in [1.165, 1.54) is 11.9 Å². The Bertz CT molecular complexity index is 366. The molecule has 0 aromatic carbocycles. The molecule has 1 rings (SSSR count). The van der Waals surface area contributed by atoms with Crippen LogP contribution in [0.2, 0.25) is 0 Å². The van der Waals surface area contributed by atoms with Crippen molar-refractivity contribution in [2.45, 2.75) is 0 Å². The number of likely N-dealkylation sites (N-methyl/N-ethyl adjacent to an activating group) is 1. The summed E-state index contributed by atoms with van der Waals surface area (Å²) in [6.45, 7) is 0.576. The Morgan fingerprint density at radius 3 is 2.81 bits per heavy atom. The van der Waals surface area contributed by atoms with Crippen LogP contribution in [0.4, 0.5) is 5.82 Å². The average molecular weight is 222 g/mol. The lowest BCUT2D eigenvalue weighted by Crippen LogP contribution is -2.42. The van der Waals surface area contributed by atoms with Gasteiger partial charge in [-0.05, 0) is 12.1 Å². The van der Waals surface area contributed by atoms with Gasteiger partial charge in [0.15, 0.2) is 0 Å². The van der Waals surface area contributed by atoms with Gasteiger partial charge in [0.2, 0.25) is 0 Å². The van der Waals surface area contributed by atoms with Crippen molar-refractivity contribution in [2.75, 3.05) is 25.0 Å². The number of nitrogens with one attached hydrogen (secondary N) is 1. The lowest BCUT2D eigenvalue weighted by molar-refractivity contribution is -0.137. The van der Waals surface area contributed by atoms with Crippen LogP contribution in [0.1, 0.15) is 0 Å². The lowest BCUT2D eigenvalue weighted by Gasteiger charge is -2.15. The molecular formula is C10H14N4O2. The van der Waals surface area contributed by atoms with E-state index in [0.29, 0.717) is 12.4 Å². The minimum Gasteiger partial charge on any atom is -0.347 e. The fraction of sp³-hybridized carbons (Fsp3) is 0.300. The van der Waals surface area contributed by atoms with Crippen LogP contribution in [0.15, 0.2) is 24.4 Å². The van der Waals surface area contributed by atoms with Gasteiger partial charge < -0.3 is 11.1 Å². The molecule has 0 atom stereocenters. The zero-order valence-corrected chi connectivity index (χ0v) is 9.01. The largest absolute Gasteiger partial charge is 0.347 e. The number of carbonyl (C=O) groups is 2. The summed E-state index contributed by atoms with van der Waals surface area (Å²) >= 11 is 0. The normalized spacial score (nSPS) is 9.62. The van der Waals surface area contributed by atoms with Crippen molar-refractivity contribution in [3.8, 4) is 0 Å².